The van der Waals surface area contributed by atoms with E-state index < -0.39 is 0 Å². The van der Waals surface area contributed by atoms with Crippen molar-refractivity contribution in [3.8, 4) is 11.3 Å². The van der Waals surface area contributed by atoms with Crippen LogP contribution in [0.2, 0.25) is 5.02 Å². The van der Waals surface area contributed by atoms with E-state index in [0.717, 1.165) is 11.3 Å². The lowest BCUT2D eigenvalue weighted by Gasteiger charge is -2.00. The lowest BCUT2D eigenvalue weighted by atomic mass is 10.1. The Morgan fingerprint density at radius 2 is 1.79 bits per heavy atom. The highest BCUT2D eigenvalue weighted by Crippen LogP contribution is 2.17. The van der Waals surface area contributed by atoms with Crippen molar-refractivity contribution in [3.05, 3.63) is 57.8 Å². The lowest BCUT2D eigenvalue weighted by Crippen LogP contribution is -1.97. The van der Waals surface area contributed by atoms with Gasteiger partial charge in [-0.1, -0.05) is 23.7 Å². The number of aromatic nitrogens is 1. The molecular weight excluding hydrogens is 198 g/mol. The van der Waals surface area contributed by atoms with E-state index in [0.29, 0.717) is 5.02 Å². The van der Waals surface area contributed by atoms with Gasteiger partial charge in [-0.3, -0.25) is 4.79 Å². The number of rotatable bonds is 1. The maximum atomic E-state index is 11.1. The van der Waals surface area contributed by atoms with Crippen LogP contribution in [0.3, 0.4) is 0 Å². The molecule has 2 nitrogen and oxygen atoms in total. The van der Waals surface area contributed by atoms with Gasteiger partial charge in [0.15, 0.2) is 5.43 Å². The quantitative estimate of drug-likeness (QED) is 0.763. The fourth-order valence-electron chi connectivity index (χ4n) is 1.24. The van der Waals surface area contributed by atoms with Crippen LogP contribution in [0.25, 0.3) is 11.3 Å². The maximum absolute atomic E-state index is 11.1. The van der Waals surface area contributed by atoms with E-state index in [4.69, 9.17) is 11.6 Å². The van der Waals surface area contributed by atoms with Crippen LogP contribution < -0.4 is 5.43 Å². The average Bonchev–Trinajstić information content (AvgIpc) is 2.19. The zero-order valence-corrected chi connectivity index (χ0v) is 8.08. The average molecular weight is 206 g/mol. The highest BCUT2D eigenvalue weighted by Gasteiger charge is 1.97. The summed E-state index contributed by atoms with van der Waals surface area (Å²) in [6.07, 6.45) is 1.63. The molecule has 14 heavy (non-hydrogen) atoms. The van der Waals surface area contributed by atoms with E-state index in [1.54, 1.807) is 24.4 Å². The molecule has 0 aliphatic rings. The molecule has 0 spiro atoms. The number of halogens is 1. The first-order valence-electron chi connectivity index (χ1n) is 4.20. The minimum atomic E-state index is -0.00583. The fourth-order valence-corrected chi connectivity index (χ4v) is 1.37. The van der Waals surface area contributed by atoms with Gasteiger partial charge in [-0.15, -0.1) is 0 Å². The number of H-pyrrole nitrogens is 1. The van der Waals surface area contributed by atoms with Crippen molar-refractivity contribution in [1.82, 2.24) is 4.98 Å². The molecule has 0 aliphatic carbocycles. The van der Waals surface area contributed by atoms with Crippen LogP contribution in [-0.2, 0) is 0 Å². The number of hydrogen-bond acceptors (Lipinski definition) is 1. The Morgan fingerprint density at radius 1 is 1.07 bits per heavy atom. The highest BCUT2D eigenvalue weighted by atomic mass is 35.5. The molecule has 0 saturated carbocycles. The molecule has 70 valence electrons. The Balaban J connectivity index is 2.50. The molecule has 0 unspecified atom stereocenters. The van der Waals surface area contributed by atoms with E-state index in [1.165, 1.54) is 6.07 Å². The van der Waals surface area contributed by atoms with Crippen molar-refractivity contribution in [1.29, 1.82) is 0 Å². The zero-order chi connectivity index (χ0) is 9.97. The van der Waals surface area contributed by atoms with Gasteiger partial charge in [0, 0.05) is 29.0 Å². The van der Waals surface area contributed by atoms with Gasteiger partial charge in [-0.2, -0.15) is 0 Å². The van der Waals surface area contributed by atoms with Gasteiger partial charge < -0.3 is 4.98 Å². The van der Waals surface area contributed by atoms with E-state index in [1.807, 2.05) is 12.1 Å². The number of pyridine rings is 1. The summed E-state index contributed by atoms with van der Waals surface area (Å²) >= 11 is 5.76. The Labute approximate surface area is 86.2 Å². The monoisotopic (exact) mass is 205 g/mol. The number of hydrogen-bond donors (Lipinski definition) is 1. The number of nitrogens with one attached hydrogen (secondary N) is 1. The van der Waals surface area contributed by atoms with Gasteiger partial charge in [0.25, 0.3) is 0 Å². The summed E-state index contributed by atoms with van der Waals surface area (Å²) < 4.78 is 0. The van der Waals surface area contributed by atoms with Gasteiger partial charge in [0.05, 0.1) is 0 Å². The van der Waals surface area contributed by atoms with Crippen LogP contribution in [0.5, 0.6) is 0 Å². The molecule has 0 fully saturated rings. The minimum Gasteiger partial charge on any atom is -0.361 e. The van der Waals surface area contributed by atoms with Crippen LogP contribution >= 0.6 is 11.6 Å². The van der Waals surface area contributed by atoms with Crippen molar-refractivity contribution in [2.75, 3.05) is 0 Å². The van der Waals surface area contributed by atoms with E-state index in [2.05, 4.69) is 4.98 Å². The SMILES string of the molecule is O=c1cc[nH]c(-c2ccc(Cl)cc2)c1. The normalized spacial score (nSPS) is 10.1. The van der Waals surface area contributed by atoms with Crippen LogP contribution in [0, 0.1) is 0 Å². The van der Waals surface area contributed by atoms with Crippen LogP contribution in [0.1, 0.15) is 0 Å². The third-order valence-electron chi connectivity index (χ3n) is 1.93. The van der Waals surface area contributed by atoms with E-state index in [-0.39, 0.29) is 5.43 Å². The first-order valence-corrected chi connectivity index (χ1v) is 4.58. The molecule has 1 N–H and O–H groups in total. The Hall–Kier alpha value is -1.54. The van der Waals surface area contributed by atoms with E-state index >= 15 is 0 Å². The van der Waals surface area contributed by atoms with Gasteiger partial charge >= 0.3 is 0 Å². The first-order chi connectivity index (χ1) is 6.75. The van der Waals surface area contributed by atoms with Crippen molar-refractivity contribution >= 4 is 11.6 Å². The molecular formula is C11H8ClNO. The van der Waals surface area contributed by atoms with Crippen molar-refractivity contribution in [2.45, 2.75) is 0 Å². The molecule has 0 saturated heterocycles. The predicted octanol–water partition coefficient (Wildman–Crippen LogP) is 2.70. The summed E-state index contributed by atoms with van der Waals surface area (Å²) in [4.78, 5) is 14.1. The number of aromatic amines is 1. The van der Waals surface area contributed by atoms with Crippen LogP contribution in [0.15, 0.2) is 47.4 Å². The third kappa shape index (κ3) is 1.86. The second-order valence-corrected chi connectivity index (χ2v) is 3.38. The molecule has 0 bridgehead atoms. The Kier molecular flexibility index (Phi) is 2.37. The first kappa shape index (κ1) is 9.03. The van der Waals surface area contributed by atoms with Gasteiger partial charge in [-0.25, -0.2) is 0 Å². The molecule has 2 rings (SSSR count). The van der Waals surface area contributed by atoms with Crippen molar-refractivity contribution < 1.29 is 0 Å². The zero-order valence-electron chi connectivity index (χ0n) is 7.33. The second kappa shape index (κ2) is 3.68. The van der Waals surface area contributed by atoms with Crippen LogP contribution in [-0.4, -0.2) is 4.98 Å². The van der Waals surface area contributed by atoms with E-state index in [9.17, 15) is 4.79 Å². The smallest absolute Gasteiger partial charge is 0.182 e. The lowest BCUT2D eigenvalue weighted by molar-refractivity contribution is 1.30. The summed E-state index contributed by atoms with van der Waals surface area (Å²) in [6, 6.07) is 10.4. The molecule has 0 atom stereocenters. The molecule has 1 heterocycles. The fraction of sp³-hybridized carbons (Fsp3) is 0. The molecule has 0 aliphatic heterocycles. The molecule has 0 amide bonds. The summed E-state index contributed by atoms with van der Waals surface area (Å²) in [7, 11) is 0. The molecule has 1 aromatic carbocycles. The maximum Gasteiger partial charge on any atom is 0.182 e. The third-order valence-corrected chi connectivity index (χ3v) is 2.18. The molecule has 3 heteroatoms. The molecule has 2 aromatic rings. The summed E-state index contributed by atoms with van der Waals surface area (Å²) in [5.41, 5.74) is 1.75. The van der Waals surface area contributed by atoms with Gasteiger partial charge in [0.2, 0.25) is 0 Å². The predicted molar refractivity (Wildman–Crippen MR) is 57.5 cm³/mol. The highest BCUT2D eigenvalue weighted by molar-refractivity contribution is 6.30. The second-order valence-electron chi connectivity index (χ2n) is 2.94. The largest absolute Gasteiger partial charge is 0.361 e. The Bertz CT molecular complexity index is 487. The number of benzene rings is 1. The minimum absolute atomic E-state index is 0.00583. The van der Waals surface area contributed by atoms with Crippen molar-refractivity contribution in [3.63, 3.8) is 0 Å². The van der Waals surface area contributed by atoms with Gasteiger partial charge in [0.1, 0.15) is 0 Å². The molecule has 1 aromatic heterocycles. The summed E-state index contributed by atoms with van der Waals surface area (Å²) in [5.74, 6) is 0. The van der Waals surface area contributed by atoms with Crippen molar-refractivity contribution in [2.24, 2.45) is 0 Å². The Morgan fingerprint density at radius 3 is 2.43 bits per heavy atom. The molecule has 0 radical (unpaired) electrons. The topological polar surface area (TPSA) is 32.9 Å². The summed E-state index contributed by atoms with van der Waals surface area (Å²) in [5, 5.41) is 0.687. The van der Waals surface area contributed by atoms with Gasteiger partial charge in [-0.05, 0) is 17.7 Å². The summed E-state index contributed by atoms with van der Waals surface area (Å²) in [6.45, 7) is 0. The van der Waals surface area contributed by atoms with Crippen LogP contribution in [0.4, 0.5) is 0 Å². The standard InChI is InChI=1S/C11H8ClNO/c12-9-3-1-8(2-4-9)11-7-10(14)5-6-13-11/h1-7H,(H,13,14).